The van der Waals surface area contributed by atoms with Crippen LogP contribution in [0.25, 0.3) is 0 Å². The van der Waals surface area contributed by atoms with Gasteiger partial charge in [0.25, 0.3) is 0 Å². The summed E-state index contributed by atoms with van der Waals surface area (Å²) in [6, 6.07) is 13.6. The van der Waals surface area contributed by atoms with Crippen molar-refractivity contribution in [1.82, 2.24) is 0 Å². The molecule has 0 saturated carbocycles. The van der Waals surface area contributed by atoms with Crippen LogP contribution in [0.5, 0.6) is 0 Å². The first-order valence-corrected chi connectivity index (χ1v) is 14.3. The van der Waals surface area contributed by atoms with Crippen LogP contribution in [0.15, 0.2) is 48.5 Å². The van der Waals surface area contributed by atoms with E-state index in [1.807, 2.05) is 13.8 Å². The summed E-state index contributed by atoms with van der Waals surface area (Å²) in [5.41, 5.74) is 13.5. The zero-order valence-corrected chi connectivity index (χ0v) is 25.3. The van der Waals surface area contributed by atoms with Crippen LogP contribution in [0.3, 0.4) is 0 Å². The number of carbonyl (C=O) groups excluding carboxylic acids is 2. The molecule has 1 atom stereocenters. The molecule has 4 N–H and O–H groups in total. The molecule has 2 aromatic carbocycles. The van der Waals surface area contributed by atoms with Crippen LogP contribution in [0, 0.1) is 11.3 Å². The molecule has 0 radical (unpaired) electrons. The lowest BCUT2D eigenvalue weighted by Crippen LogP contribution is -2.28. The van der Waals surface area contributed by atoms with Gasteiger partial charge in [-0.15, -0.1) is 0 Å². The molecular formula is C33H52N2O4. The molecule has 0 saturated heterocycles. The molecule has 0 heterocycles. The van der Waals surface area contributed by atoms with Crippen molar-refractivity contribution in [3.05, 3.63) is 59.7 Å². The third-order valence-electron chi connectivity index (χ3n) is 6.35. The lowest BCUT2D eigenvalue weighted by Gasteiger charge is -2.25. The SMILES string of the molecule is CC(CCOC(=O)c1ccc(N)cc1)CC(C)(C)C.CCCCCCCC(C)(C)OC(=O)c1ccc(N)cc1. The zero-order chi connectivity index (χ0) is 29.5. The van der Waals surface area contributed by atoms with Gasteiger partial charge in [-0.1, -0.05) is 60.3 Å². The number of esters is 2. The highest BCUT2D eigenvalue weighted by Crippen LogP contribution is 2.26. The van der Waals surface area contributed by atoms with Gasteiger partial charge in [0.15, 0.2) is 0 Å². The number of ether oxygens (including phenoxy) is 2. The van der Waals surface area contributed by atoms with Crippen LogP contribution in [-0.2, 0) is 9.47 Å². The molecule has 0 fully saturated rings. The fourth-order valence-corrected chi connectivity index (χ4v) is 4.34. The standard InChI is InChI=1S/C17H27NO2.C16H25NO2/c1-4-5-6-7-8-13-17(2,3)20-16(19)14-9-11-15(18)12-10-14;1-12(11-16(2,3)4)9-10-19-15(18)13-5-7-14(17)8-6-13/h9-12H,4-8,13,18H2,1-3H3;5-8,12H,9-11,17H2,1-4H3. The first-order valence-electron chi connectivity index (χ1n) is 14.3. The number of nitrogen functional groups attached to an aromatic ring is 2. The van der Waals surface area contributed by atoms with Gasteiger partial charge >= 0.3 is 11.9 Å². The van der Waals surface area contributed by atoms with Crippen molar-refractivity contribution in [3.63, 3.8) is 0 Å². The summed E-state index contributed by atoms with van der Waals surface area (Å²) in [5, 5.41) is 0. The summed E-state index contributed by atoms with van der Waals surface area (Å²) in [5.74, 6) is 0.00531. The van der Waals surface area contributed by atoms with Gasteiger partial charge in [-0.05, 0) is 99.4 Å². The summed E-state index contributed by atoms with van der Waals surface area (Å²) in [7, 11) is 0. The number of hydrogen-bond acceptors (Lipinski definition) is 6. The molecule has 2 aromatic rings. The van der Waals surface area contributed by atoms with Crippen LogP contribution in [0.1, 0.15) is 121 Å². The highest BCUT2D eigenvalue weighted by Gasteiger charge is 2.23. The van der Waals surface area contributed by atoms with E-state index in [1.54, 1.807) is 48.5 Å². The Hall–Kier alpha value is -3.02. The maximum Gasteiger partial charge on any atom is 0.338 e. The van der Waals surface area contributed by atoms with E-state index < -0.39 is 5.60 Å². The Morgan fingerprint density at radius 1 is 0.769 bits per heavy atom. The number of hydrogen-bond donors (Lipinski definition) is 2. The molecule has 218 valence electrons. The maximum atomic E-state index is 12.0. The molecule has 1 unspecified atom stereocenters. The van der Waals surface area contributed by atoms with E-state index in [4.69, 9.17) is 20.9 Å². The van der Waals surface area contributed by atoms with Crippen molar-refractivity contribution in [1.29, 1.82) is 0 Å². The Bertz CT molecular complexity index is 976. The number of benzene rings is 2. The van der Waals surface area contributed by atoms with E-state index in [9.17, 15) is 9.59 Å². The first-order chi connectivity index (χ1) is 18.2. The number of rotatable bonds is 13. The lowest BCUT2D eigenvalue weighted by atomic mass is 9.84. The molecule has 0 aromatic heterocycles. The van der Waals surface area contributed by atoms with Gasteiger partial charge in [0, 0.05) is 11.4 Å². The van der Waals surface area contributed by atoms with Gasteiger partial charge in [-0.2, -0.15) is 0 Å². The summed E-state index contributed by atoms with van der Waals surface area (Å²) >= 11 is 0. The van der Waals surface area contributed by atoms with Gasteiger partial charge in [0.1, 0.15) is 5.60 Å². The molecule has 6 nitrogen and oxygen atoms in total. The number of nitrogens with two attached hydrogens (primary N) is 2. The normalized spacial score (nSPS) is 12.2. The van der Waals surface area contributed by atoms with E-state index in [-0.39, 0.29) is 11.9 Å². The van der Waals surface area contributed by atoms with E-state index >= 15 is 0 Å². The fourth-order valence-electron chi connectivity index (χ4n) is 4.34. The maximum absolute atomic E-state index is 12.0. The van der Waals surface area contributed by atoms with Gasteiger partial charge in [0.2, 0.25) is 0 Å². The second-order valence-electron chi connectivity index (χ2n) is 12.4. The van der Waals surface area contributed by atoms with Crippen LogP contribution in [0.4, 0.5) is 11.4 Å². The van der Waals surface area contributed by atoms with Crippen LogP contribution < -0.4 is 11.5 Å². The van der Waals surface area contributed by atoms with Gasteiger partial charge < -0.3 is 20.9 Å². The lowest BCUT2D eigenvalue weighted by molar-refractivity contribution is -0.00552. The van der Waals surface area contributed by atoms with Crippen molar-refractivity contribution in [2.45, 2.75) is 105 Å². The largest absolute Gasteiger partial charge is 0.462 e. The van der Waals surface area contributed by atoms with Gasteiger partial charge in [-0.3, -0.25) is 0 Å². The molecule has 0 amide bonds. The van der Waals surface area contributed by atoms with E-state index in [1.165, 1.54) is 25.7 Å². The third kappa shape index (κ3) is 15.9. The van der Waals surface area contributed by atoms with Crippen molar-refractivity contribution >= 4 is 23.3 Å². The van der Waals surface area contributed by atoms with Crippen molar-refractivity contribution in [2.24, 2.45) is 11.3 Å². The summed E-state index contributed by atoms with van der Waals surface area (Å²) in [6.45, 7) is 15.5. The number of unbranched alkanes of at least 4 members (excludes halogenated alkanes) is 4. The van der Waals surface area contributed by atoms with Crippen molar-refractivity contribution < 1.29 is 19.1 Å². The first kappa shape index (κ1) is 34.0. The van der Waals surface area contributed by atoms with Gasteiger partial charge in [0.05, 0.1) is 17.7 Å². The number of carbonyl (C=O) groups is 2. The molecule has 39 heavy (non-hydrogen) atoms. The Kier molecular flexibility index (Phi) is 14.7. The monoisotopic (exact) mass is 540 g/mol. The quantitative estimate of drug-likeness (QED) is 0.150. The minimum Gasteiger partial charge on any atom is -0.462 e. The van der Waals surface area contributed by atoms with Gasteiger partial charge in [-0.25, -0.2) is 9.59 Å². The van der Waals surface area contributed by atoms with E-state index in [2.05, 4.69) is 34.6 Å². The van der Waals surface area contributed by atoms with Crippen molar-refractivity contribution in [2.75, 3.05) is 18.1 Å². The van der Waals surface area contributed by atoms with Crippen molar-refractivity contribution in [3.8, 4) is 0 Å². The van der Waals surface area contributed by atoms with Crippen LogP contribution in [-0.4, -0.2) is 24.1 Å². The average molecular weight is 541 g/mol. The molecule has 2 rings (SSSR count). The minimum atomic E-state index is -0.412. The Morgan fingerprint density at radius 3 is 1.74 bits per heavy atom. The van der Waals surface area contributed by atoms with Crippen LogP contribution >= 0.6 is 0 Å². The smallest absolute Gasteiger partial charge is 0.338 e. The van der Waals surface area contributed by atoms with Crippen LogP contribution in [0.2, 0.25) is 0 Å². The number of anilines is 2. The predicted octanol–water partition coefficient (Wildman–Crippen LogP) is 8.45. The van der Waals surface area contributed by atoms with E-state index in [0.29, 0.717) is 40.4 Å². The average Bonchev–Trinajstić information content (AvgIpc) is 2.83. The Morgan fingerprint density at radius 2 is 1.26 bits per heavy atom. The molecule has 0 aliphatic carbocycles. The summed E-state index contributed by atoms with van der Waals surface area (Å²) in [6.07, 6.45) is 9.03. The predicted molar refractivity (Wildman–Crippen MR) is 163 cm³/mol. The zero-order valence-electron chi connectivity index (χ0n) is 25.3. The summed E-state index contributed by atoms with van der Waals surface area (Å²) < 4.78 is 10.9. The fraction of sp³-hybridized carbons (Fsp3) is 0.576. The molecule has 0 bridgehead atoms. The second-order valence-corrected chi connectivity index (χ2v) is 12.4. The molecule has 0 aliphatic heterocycles. The highest BCUT2D eigenvalue weighted by atomic mass is 16.6. The van der Waals surface area contributed by atoms with E-state index in [0.717, 1.165) is 25.7 Å². The second kappa shape index (κ2) is 16.8. The Balaban J connectivity index is 0.000000391. The summed E-state index contributed by atoms with van der Waals surface area (Å²) in [4.78, 5) is 23.8. The molecular weight excluding hydrogens is 488 g/mol. The molecule has 0 aliphatic rings. The highest BCUT2D eigenvalue weighted by molar-refractivity contribution is 5.90. The Labute approximate surface area is 236 Å². The topological polar surface area (TPSA) is 105 Å². The molecule has 6 heteroatoms. The molecule has 0 spiro atoms. The minimum absolute atomic E-state index is 0.274. The third-order valence-corrected chi connectivity index (χ3v) is 6.35.